The van der Waals surface area contributed by atoms with Gasteiger partial charge in [-0.25, -0.2) is 0 Å². The van der Waals surface area contributed by atoms with Crippen molar-refractivity contribution in [3.05, 3.63) is 0 Å². The molecule has 0 aromatic rings. The standard InChI is InChI=1S/C13H25N3O/c1-13(9-14)5-6-16(10-13)8-12(17)15-7-11-3-2-4-11/h11H,2-10,14H2,1H3,(H,15,17). The van der Waals surface area contributed by atoms with Gasteiger partial charge in [-0.1, -0.05) is 13.3 Å². The summed E-state index contributed by atoms with van der Waals surface area (Å²) >= 11 is 0. The van der Waals surface area contributed by atoms with Crippen molar-refractivity contribution in [3.8, 4) is 0 Å². The van der Waals surface area contributed by atoms with E-state index in [0.29, 0.717) is 13.1 Å². The van der Waals surface area contributed by atoms with Gasteiger partial charge in [0.1, 0.15) is 0 Å². The van der Waals surface area contributed by atoms with E-state index in [1.807, 2.05) is 0 Å². The molecule has 1 unspecified atom stereocenters. The Morgan fingerprint density at radius 3 is 2.82 bits per heavy atom. The smallest absolute Gasteiger partial charge is 0.234 e. The van der Waals surface area contributed by atoms with E-state index in [2.05, 4.69) is 17.1 Å². The fourth-order valence-electron chi connectivity index (χ4n) is 2.64. The minimum atomic E-state index is 0.179. The molecule has 1 aliphatic carbocycles. The molecular formula is C13H25N3O. The van der Waals surface area contributed by atoms with Gasteiger partial charge in [0, 0.05) is 13.1 Å². The van der Waals surface area contributed by atoms with Crippen LogP contribution < -0.4 is 11.1 Å². The largest absolute Gasteiger partial charge is 0.355 e. The molecule has 1 saturated carbocycles. The highest BCUT2D eigenvalue weighted by molar-refractivity contribution is 5.78. The van der Waals surface area contributed by atoms with Crippen molar-refractivity contribution in [2.45, 2.75) is 32.6 Å². The molecule has 4 heteroatoms. The van der Waals surface area contributed by atoms with Crippen molar-refractivity contribution >= 4 is 5.91 Å². The Morgan fingerprint density at radius 1 is 1.53 bits per heavy atom. The SMILES string of the molecule is CC1(CN)CCN(CC(=O)NCC2CCC2)C1. The third kappa shape index (κ3) is 3.42. The molecule has 0 radical (unpaired) electrons. The number of likely N-dealkylation sites (tertiary alicyclic amines) is 1. The third-order valence-corrected chi connectivity index (χ3v) is 4.31. The van der Waals surface area contributed by atoms with E-state index in [-0.39, 0.29) is 11.3 Å². The van der Waals surface area contributed by atoms with Crippen molar-refractivity contribution in [3.63, 3.8) is 0 Å². The maximum atomic E-state index is 11.8. The topological polar surface area (TPSA) is 58.4 Å². The minimum Gasteiger partial charge on any atom is -0.355 e. The summed E-state index contributed by atoms with van der Waals surface area (Å²) in [4.78, 5) is 14.0. The molecule has 1 aliphatic heterocycles. The molecule has 2 rings (SSSR count). The first-order valence-electron chi connectivity index (χ1n) is 6.80. The molecule has 1 atom stereocenters. The summed E-state index contributed by atoms with van der Waals surface area (Å²) < 4.78 is 0. The second-order valence-electron chi connectivity index (χ2n) is 6.08. The van der Waals surface area contributed by atoms with Crippen LogP contribution in [0, 0.1) is 11.3 Å². The highest BCUT2D eigenvalue weighted by atomic mass is 16.2. The molecule has 0 aromatic carbocycles. The Balaban J connectivity index is 1.65. The molecule has 1 amide bonds. The highest BCUT2D eigenvalue weighted by Gasteiger charge is 2.33. The lowest BCUT2D eigenvalue weighted by molar-refractivity contribution is -0.122. The van der Waals surface area contributed by atoms with Gasteiger partial charge in [0.15, 0.2) is 0 Å². The molecule has 17 heavy (non-hydrogen) atoms. The van der Waals surface area contributed by atoms with Gasteiger partial charge in [0.2, 0.25) is 5.91 Å². The fourth-order valence-corrected chi connectivity index (χ4v) is 2.64. The van der Waals surface area contributed by atoms with Crippen LogP contribution in [0.15, 0.2) is 0 Å². The number of amides is 1. The number of nitrogens with one attached hydrogen (secondary N) is 1. The van der Waals surface area contributed by atoms with Gasteiger partial charge in [-0.15, -0.1) is 0 Å². The molecule has 0 bridgehead atoms. The Morgan fingerprint density at radius 2 is 2.29 bits per heavy atom. The minimum absolute atomic E-state index is 0.179. The average Bonchev–Trinajstić information content (AvgIpc) is 2.59. The number of carbonyl (C=O) groups excluding carboxylic acids is 1. The molecular weight excluding hydrogens is 214 g/mol. The summed E-state index contributed by atoms with van der Waals surface area (Å²) in [5.41, 5.74) is 5.97. The summed E-state index contributed by atoms with van der Waals surface area (Å²) in [5.74, 6) is 0.921. The molecule has 1 heterocycles. The molecule has 4 nitrogen and oxygen atoms in total. The molecule has 2 fully saturated rings. The van der Waals surface area contributed by atoms with Gasteiger partial charge < -0.3 is 11.1 Å². The zero-order valence-corrected chi connectivity index (χ0v) is 10.9. The maximum Gasteiger partial charge on any atom is 0.234 e. The first kappa shape index (κ1) is 12.8. The molecule has 0 aromatic heterocycles. The lowest BCUT2D eigenvalue weighted by Gasteiger charge is -2.26. The van der Waals surface area contributed by atoms with E-state index in [0.717, 1.165) is 32.0 Å². The number of rotatable bonds is 5. The monoisotopic (exact) mass is 239 g/mol. The van der Waals surface area contributed by atoms with Crippen LogP contribution in [0.4, 0.5) is 0 Å². The van der Waals surface area contributed by atoms with E-state index in [1.54, 1.807) is 0 Å². The molecule has 0 spiro atoms. The van der Waals surface area contributed by atoms with E-state index in [4.69, 9.17) is 5.73 Å². The van der Waals surface area contributed by atoms with Crippen molar-refractivity contribution in [2.24, 2.45) is 17.1 Å². The van der Waals surface area contributed by atoms with Crippen molar-refractivity contribution in [1.29, 1.82) is 0 Å². The summed E-state index contributed by atoms with van der Waals surface area (Å²) in [6.45, 7) is 6.31. The van der Waals surface area contributed by atoms with Crippen LogP contribution in [0.25, 0.3) is 0 Å². The molecule has 98 valence electrons. The van der Waals surface area contributed by atoms with Gasteiger partial charge in [0.25, 0.3) is 0 Å². The van der Waals surface area contributed by atoms with Gasteiger partial charge in [-0.05, 0) is 43.7 Å². The van der Waals surface area contributed by atoms with E-state index in [1.165, 1.54) is 19.3 Å². The van der Waals surface area contributed by atoms with Crippen LogP contribution in [0.5, 0.6) is 0 Å². The van der Waals surface area contributed by atoms with Gasteiger partial charge >= 0.3 is 0 Å². The predicted molar refractivity (Wildman–Crippen MR) is 68.6 cm³/mol. The van der Waals surface area contributed by atoms with Crippen LogP contribution in [-0.4, -0.2) is 43.5 Å². The summed E-state index contributed by atoms with van der Waals surface area (Å²) in [6.07, 6.45) is 5.02. The van der Waals surface area contributed by atoms with Gasteiger partial charge in [-0.2, -0.15) is 0 Å². The van der Waals surface area contributed by atoms with Crippen LogP contribution in [0.3, 0.4) is 0 Å². The zero-order valence-electron chi connectivity index (χ0n) is 10.9. The van der Waals surface area contributed by atoms with Crippen LogP contribution in [-0.2, 0) is 4.79 Å². The second kappa shape index (κ2) is 5.36. The number of hydrogen-bond donors (Lipinski definition) is 2. The van der Waals surface area contributed by atoms with Crippen molar-refractivity contribution in [2.75, 3.05) is 32.7 Å². The van der Waals surface area contributed by atoms with Gasteiger partial charge in [0.05, 0.1) is 6.54 Å². The Kier molecular flexibility index (Phi) is 4.05. The average molecular weight is 239 g/mol. The maximum absolute atomic E-state index is 11.8. The summed E-state index contributed by atoms with van der Waals surface area (Å²) in [5, 5.41) is 3.04. The number of carbonyl (C=O) groups is 1. The molecule has 1 saturated heterocycles. The first-order valence-corrected chi connectivity index (χ1v) is 6.80. The lowest BCUT2D eigenvalue weighted by Crippen LogP contribution is -2.40. The van der Waals surface area contributed by atoms with Crippen molar-refractivity contribution < 1.29 is 4.79 Å². The molecule has 3 N–H and O–H groups in total. The summed E-state index contributed by atoms with van der Waals surface area (Å²) in [6, 6.07) is 0. The van der Waals surface area contributed by atoms with Gasteiger partial charge in [-0.3, -0.25) is 9.69 Å². The number of hydrogen-bond acceptors (Lipinski definition) is 3. The van der Waals surface area contributed by atoms with Crippen LogP contribution in [0.2, 0.25) is 0 Å². The summed E-state index contributed by atoms with van der Waals surface area (Å²) in [7, 11) is 0. The zero-order chi connectivity index (χ0) is 12.3. The number of nitrogens with two attached hydrogens (primary N) is 1. The predicted octanol–water partition coefficient (Wildman–Crippen LogP) is 0.573. The van der Waals surface area contributed by atoms with E-state index < -0.39 is 0 Å². The normalized spacial score (nSPS) is 30.2. The highest BCUT2D eigenvalue weighted by Crippen LogP contribution is 2.28. The van der Waals surface area contributed by atoms with E-state index >= 15 is 0 Å². The van der Waals surface area contributed by atoms with Crippen molar-refractivity contribution in [1.82, 2.24) is 10.2 Å². The fraction of sp³-hybridized carbons (Fsp3) is 0.923. The first-order chi connectivity index (χ1) is 8.11. The number of nitrogens with zero attached hydrogens (tertiary/aromatic N) is 1. The lowest BCUT2D eigenvalue weighted by atomic mass is 9.85. The third-order valence-electron chi connectivity index (χ3n) is 4.31. The Hall–Kier alpha value is -0.610. The Labute approximate surface area is 104 Å². The van der Waals surface area contributed by atoms with Crippen LogP contribution >= 0.6 is 0 Å². The van der Waals surface area contributed by atoms with Crippen LogP contribution in [0.1, 0.15) is 32.6 Å². The quantitative estimate of drug-likeness (QED) is 0.737. The second-order valence-corrected chi connectivity index (χ2v) is 6.08. The van der Waals surface area contributed by atoms with E-state index in [9.17, 15) is 4.79 Å². The Bertz CT molecular complexity index is 278. The molecule has 2 aliphatic rings.